The Morgan fingerprint density at radius 1 is 1.50 bits per heavy atom. The molecule has 0 bridgehead atoms. The van der Waals surface area contributed by atoms with Crippen molar-refractivity contribution < 1.29 is 14.3 Å². The first-order valence-electron chi connectivity index (χ1n) is 7.20. The summed E-state index contributed by atoms with van der Waals surface area (Å²) in [4.78, 5) is 25.8. The predicted octanol–water partition coefficient (Wildman–Crippen LogP) is 2.03. The number of fused-ring (bicyclic) bond motifs is 1. The zero-order valence-corrected chi connectivity index (χ0v) is 13.0. The molecule has 0 aliphatic carbocycles. The molecule has 0 aromatic heterocycles. The Balaban J connectivity index is 1.91. The van der Waals surface area contributed by atoms with Gasteiger partial charge in [-0.15, -0.1) is 11.8 Å². The lowest BCUT2D eigenvalue weighted by Gasteiger charge is -2.33. The third kappa shape index (κ3) is 2.26. The van der Waals surface area contributed by atoms with E-state index in [0.717, 1.165) is 5.56 Å². The molecule has 1 aromatic rings. The average Bonchev–Trinajstić information content (AvgIpc) is 3.08. The van der Waals surface area contributed by atoms with E-state index in [0.29, 0.717) is 18.6 Å². The first-order chi connectivity index (χ1) is 10.6. The Hall–Kier alpha value is -2.00. The molecule has 0 radical (unpaired) electrons. The molecule has 0 unspecified atom stereocenters. The first-order valence-corrected chi connectivity index (χ1v) is 8.19. The molecule has 114 valence electrons. The summed E-state index contributed by atoms with van der Waals surface area (Å²) >= 11 is 1.61. The molecule has 22 heavy (non-hydrogen) atoms. The second-order valence-electron chi connectivity index (χ2n) is 5.45. The van der Waals surface area contributed by atoms with Crippen LogP contribution in [0.1, 0.15) is 25.3 Å². The first kappa shape index (κ1) is 14.9. The zero-order valence-electron chi connectivity index (χ0n) is 12.2. The van der Waals surface area contributed by atoms with Crippen LogP contribution in [0, 0.1) is 11.3 Å². The summed E-state index contributed by atoms with van der Waals surface area (Å²) in [5, 5.41) is 8.78. The minimum absolute atomic E-state index is 0.0274. The molecule has 6 heteroatoms. The van der Waals surface area contributed by atoms with Crippen molar-refractivity contribution >= 4 is 23.6 Å². The summed E-state index contributed by atoms with van der Waals surface area (Å²) in [6.45, 7) is 1.52. The van der Waals surface area contributed by atoms with E-state index in [2.05, 4.69) is 0 Å². The highest BCUT2D eigenvalue weighted by molar-refractivity contribution is 8.00. The van der Waals surface area contributed by atoms with Gasteiger partial charge in [-0.25, -0.2) is 4.79 Å². The maximum absolute atomic E-state index is 12.3. The van der Waals surface area contributed by atoms with E-state index in [1.165, 1.54) is 6.92 Å². The number of rotatable bonds is 3. The largest absolute Gasteiger partial charge is 0.446 e. The van der Waals surface area contributed by atoms with E-state index in [9.17, 15) is 9.59 Å². The van der Waals surface area contributed by atoms with E-state index in [1.54, 1.807) is 16.7 Å². The number of amides is 1. The van der Waals surface area contributed by atoms with Crippen molar-refractivity contribution in [1.29, 1.82) is 5.26 Å². The van der Waals surface area contributed by atoms with Gasteiger partial charge in [0.15, 0.2) is 6.10 Å². The number of esters is 1. The van der Waals surface area contributed by atoms with Crippen LogP contribution in [0.4, 0.5) is 0 Å². The maximum Gasteiger partial charge on any atom is 0.331 e. The molecular formula is C16H16N2O3S. The highest BCUT2D eigenvalue weighted by atomic mass is 32.2. The summed E-state index contributed by atoms with van der Waals surface area (Å²) in [6, 6.07) is 11.1. The van der Waals surface area contributed by atoms with Crippen molar-refractivity contribution in [2.24, 2.45) is 0 Å². The van der Waals surface area contributed by atoms with Gasteiger partial charge in [-0.2, -0.15) is 5.26 Å². The SMILES string of the molecule is C[C@H](C#N)OC(=O)[C@H]1CS[C@@]2(c3ccccc3)CCC(=O)N12. The second-order valence-corrected chi connectivity index (χ2v) is 6.75. The minimum Gasteiger partial charge on any atom is -0.446 e. The fourth-order valence-electron chi connectivity index (χ4n) is 3.10. The van der Waals surface area contributed by atoms with Gasteiger partial charge in [0.25, 0.3) is 0 Å². The Morgan fingerprint density at radius 3 is 2.91 bits per heavy atom. The quantitative estimate of drug-likeness (QED) is 0.798. The van der Waals surface area contributed by atoms with Crippen molar-refractivity contribution in [3.8, 4) is 6.07 Å². The molecule has 0 saturated carbocycles. The van der Waals surface area contributed by atoms with Crippen LogP contribution >= 0.6 is 11.8 Å². The molecule has 1 aromatic carbocycles. The van der Waals surface area contributed by atoms with Gasteiger partial charge in [-0.1, -0.05) is 30.3 Å². The third-order valence-corrected chi connectivity index (χ3v) is 5.70. The van der Waals surface area contributed by atoms with E-state index in [-0.39, 0.29) is 5.91 Å². The Labute approximate surface area is 133 Å². The smallest absolute Gasteiger partial charge is 0.331 e. The number of hydrogen-bond donors (Lipinski definition) is 0. The molecule has 0 N–H and O–H groups in total. The van der Waals surface area contributed by atoms with Gasteiger partial charge in [-0.3, -0.25) is 4.79 Å². The summed E-state index contributed by atoms with van der Waals surface area (Å²) in [7, 11) is 0. The fourth-order valence-corrected chi connectivity index (χ4v) is 4.73. The number of carbonyl (C=O) groups is 2. The van der Waals surface area contributed by atoms with Crippen LogP contribution in [0.3, 0.4) is 0 Å². The minimum atomic E-state index is -0.804. The third-order valence-electron chi connectivity index (χ3n) is 4.10. The number of thioether (sulfide) groups is 1. The van der Waals surface area contributed by atoms with Gasteiger partial charge in [0.1, 0.15) is 17.0 Å². The van der Waals surface area contributed by atoms with Crippen LogP contribution in [0.5, 0.6) is 0 Å². The van der Waals surface area contributed by atoms with Gasteiger partial charge >= 0.3 is 5.97 Å². The lowest BCUT2D eigenvalue weighted by atomic mass is 10.0. The summed E-state index contributed by atoms with van der Waals surface area (Å²) < 4.78 is 5.11. The van der Waals surface area contributed by atoms with E-state index in [4.69, 9.17) is 10.00 Å². The van der Waals surface area contributed by atoms with Gasteiger partial charge in [0.05, 0.1) is 0 Å². The van der Waals surface area contributed by atoms with Crippen molar-refractivity contribution in [3.05, 3.63) is 35.9 Å². The van der Waals surface area contributed by atoms with Crippen LogP contribution in [0.25, 0.3) is 0 Å². The van der Waals surface area contributed by atoms with Crippen LogP contribution in [-0.2, 0) is 19.2 Å². The molecular weight excluding hydrogens is 300 g/mol. The van der Waals surface area contributed by atoms with Gasteiger partial charge in [-0.05, 0) is 18.9 Å². The number of hydrogen-bond acceptors (Lipinski definition) is 5. The summed E-state index contributed by atoms with van der Waals surface area (Å²) in [5.41, 5.74) is 1.04. The highest BCUT2D eigenvalue weighted by Crippen LogP contribution is 2.54. The maximum atomic E-state index is 12.3. The van der Waals surface area contributed by atoms with Crippen molar-refractivity contribution in [2.75, 3.05) is 5.75 Å². The molecule has 1 amide bonds. The molecule has 2 aliphatic heterocycles. The van der Waals surface area contributed by atoms with Crippen LogP contribution in [-0.4, -0.2) is 34.7 Å². The van der Waals surface area contributed by atoms with Crippen molar-refractivity contribution in [1.82, 2.24) is 4.90 Å². The Kier molecular flexibility index (Phi) is 3.83. The summed E-state index contributed by atoms with van der Waals surface area (Å²) in [6.07, 6.45) is 0.319. The Morgan fingerprint density at radius 2 is 2.23 bits per heavy atom. The normalized spacial score (nSPS) is 28.1. The fraction of sp³-hybridized carbons (Fsp3) is 0.438. The lowest BCUT2D eigenvalue weighted by Crippen LogP contribution is -2.47. The van der Waals surface area contributed by atoms with E-state index < -0.39 is 23.0 Å². The number of nitriles is 1. The molecule has 0 spiro atoms. The van der Waals surface area contributed by atoms with Crippen LogP contribution in [0.15, 0.2) is 30.3 Å². The van der Waals surface area contributed by atoms with Crippen molar-refractivity contribution in [3.63, 3.8) is 0 Å². The number of carbonyl (C=O) groups excluding carboxylic acids is 2. The topological polar surface area (TPSA) is 70.4 Å². The predicted molar refractivity (Wildman–Crippen MR) is 81.6 cm³/mol. The average molecular weight is 316 g/mol. The zero-order chi connectivity index (χ0) is 15.7. The van der Waals surface area contributed by atoms with E-state index in [1.807, 2.05) is 36.4 Å². The molecule has 5 nitrogen and oxygen atoms in total. The lowest BCUT2D eigenvalue weighted by molar-refractivity contribution is -0.155. The standard InChI is InChI=1S/C16H16N2O3S/c1-11(9-17)21-15(20)13-10-22-16(8-7-14(19)18(13)16)12-5-3-2-4-6-12/h2-6,11,13H,7-8,10H2,1H3/t11-,13-,16-/m1/s1. The molecule has 2 fully saturated rings. The van der Waals surface area contributed by atoms with E-state index >= 15 is 0 Å². The number of nitrogens with zero attached hydrogens (tertiary/aromatic N) is 2. The molecule has 3 atom stereocenters. The number of benzene rings is 1. The highest BCUT2D eigenvalue weighted by Gasteiger charge is 2.57. The van der Waals surface area contributed by atoms with Crippen LogP contribution < -0.4 is 0 Å². The van der Waals surface area contributed by atoms with Crippen LogP contribution in [0.2, 0.25) is 0 Å². The second kappa shape index (κ2) is 5.65. The molecule has 2 aliphatic rings. The monoisotopic (exact) mass is 316 g/mol. The van der Waals surface area contributed by atoms with Gasteiger partial charge < -0.3 is 9.64 Å². The molecule has 2 saturated heterocycles. The van der Waals surface area contributed by atoms with Gasteiger partial charge in [0.2, 0.25) is 5.91 Å². The molecule has 3 rings (SSSR count). The van der Waals surface area contributed by atoms with Gasteiger partial charge in [0, 0.05) is 12.2 Å². The Bertz CT molecular complexity index is 643. The number of ether oxygens (including phenoxy) is 1. The van der Waals surface area contributed by atoms with Crippen molar-refractivity contribution in [2.45, 2.75) is 36.8 Å². The summed E-state index contributed by atoms with van der Waals surface area (Å²) in [5.74, 6) is -0.0209. The molecule has 2 heterocycles.